The summed E-state index contributed by atoms with van der Waals surface area (Å²) in [6, 6.07) is 10.1. The topological polar surface area (TPSA) is 26.0 Å². The van der Waals surface area contributed by atoms with Crippen LogP contribution in [0.15, 0.2) is 34.7 Å². The highest BCUT2D eigenvalue weighted by atomic mass is 16.4. The second-order valence-electron chi connectivity index (χ2n) is 4.49. The van der Waals surface area contributed by atoms with E-state index in [4.69, 9.17) is 4.42 Å². The highest BCUT2D eigenvalue weighted by Crippen LogP contribution is 2.24. The predicted octanol–water partition coefficient (Wildman–Crippen LogP) is 3.85. The minimum atomic E-state index is 0.571. The molecule has 0 radical (unpaired) electrons. The lowest BCUT2D eigenvalue weighted by Crippen LogP contribution is -1.93. The summed E-state index contributed by atoms with van der Waals surface area (Å²) in [6.07, 6.45) is 0.897. The zero-order valence-corrected chi connectivity index (χ0v) is 10.0. The highest BCUT2D eigenvalue weighted by molar-refractivity contribution is 5.59. The smallest absolute Gasteiger partial charge is 0.195 e. The van der Waals surface area contributed by atoms with E-state index >= 15 is 0 Å². The largest absolute Gasteiger partial charge is 0.440 e. The summed E-state index contributed by atoms with van der Waals surface area (Å²) in [5.74, 6) is 2.31. The average Bonchev–Trinajstić information content (AvgIpc) is 2.60. The number of benzene rings is 1. The van der Waals surface area contributed by atoms with Crippen LogP contribution in [0, 0.1) is 12.8 Å². The Balaban J connectivity index is 2.32. The average molecular weight is 215 g/mol. The molecule has 0 aliphatic heterocycles. The van der Waals surface area contributed by atoms with Crippen molar-refractivity contribution in [3.8, 4) is 11.3 Å². The Kier molecular flexibility index (Phi) is 3.09. The van der Waals surface area contributed by atoms with Crippen LogP contribution in [0.3, 0.4) is 0 Å². The molecule has 1 heterocycles. The fourth-order valence-electron chi connectivity index (χ4n) is 1.75. The van der Waals surface area contributed by atoms with Gasteiger partial charge < -0.3 is 4.42 Å². The number of rotatable bonds is 3. The molecule has 16 heavy (non-hydrogen) atoms. The molecule has 0 saturated heterocycles. The Morgan fingerprint density at radius 3 is 2.50 bits per heavy atom. The third-order valence-corrected chi connectivity index (χ3v) is 2.46. The van der Waals surface area contributed by atoms with Crippen LogP contribution in [0.25, 0.3) is 11.3 Å². The molecule has 2 nitrogen and oxygen atoms in total. The van der Waals surface area contributed by atoms with Gasteiger partial charge in [0.05, 0.1) is 5.69 Å². The van der Waals surface area contributed by atoms with Gasteiger partial charge in [-0.2, -0.15) is 0 Å². The molecule has 1 aromatic carbocycles. The monoisotopic (exact) mass is 215 g/mol. The van der Waals surface area contributed by atoms with Gasteiger partial charge in [-0.3, -0.25) is 0 Å². The summed E-state index contributed by atoms with van der Waals surface area (Å²) in [7, 11) is 0. The second kappa shape index (κ2) is 4.52. The van der Waals surface area contributed by atoms with Gasteiger partial charge in [0.25, 0.3) is 0 Å². The maximum absolute atomic E-state index is 5.80. The quantitative estimate of drug-likeness (QED) is 0.777. The van der Waals surface area contributed by atoms with Gasteiger partial charge in [0.15, 0.2) is 11.7 Å². The molecule has 0 aliphatic rings. The Morgan fingerprint density at radius 2 is 1.88 bits per heavy atom. The van der Waals surface area contributed by atoms with Crippen molar-refractivity contribution in [2.75, 3.05) is 0 Å². The Morgan fingerprint density at radius 1 is 1.19 bits per heavy atom. The minimum absolute atomic E-state index is 0.571. The first-order chi connectivity index (χ1) is 7.66. The van der Waals surface area contributed by atoms with Crippen LogP contribution < -0.4 is 0 Å². The molecular weight excluding hydrogens is 198 g/mol. The highest BCUT2D eigenvalue weighted by Gasteiger charge is 2.11. The number of hydrogen-bond donors (Lipinski definition) is 0. The van der Waals surface area contributed by atoms with E-state index in [0.29, 0.717) is 5.92 Å². The van der Waals surface area contributed by atoms with Gasteiger partial charge >= 0.3 is 0 Å². The number of oxazole rings is 1. The van der Waals surface area contributed by atoms with Crippen LogP contribution in [-0.2, 0) is 6.42 Å². The molecule has 0 atom stereocenters. The van der Waals surface area contributed by atoms with Crippen molar-refractivity contribution in [1.82, 2.24) is 4.98 Å². The molecule has 0 N–H and O–H groups in total. The summed E-state index contributed by atoms with van der Waals surface area (Å²) in [5, 5.41) is 0. The maximum atomic E-state index is 5.80. The van der Waals surface area contributed by atoms with E-state index in [1.165, 1.54) is 0 Å². The number of aromatic nitrogens is 1. The Bertz CT molecular complexity index is 457. The molecular formula is C14H17NO. The fraction of sp³-hybridized carbons (Fsp3) is 0.357. The maximum Gasteiger partial charge on any atom is 0.195 e. The minimum Gasteiger partial charge on any atom is -0.440 e. The van der Waals surface area contributed by atoms with Gasteiger partial charge in [-0.25, -0.2) is 4.98 Å². The first-order valence-corrected chi connectivity index (χ1v) is 5.68. The van der Waals surface area contributed by atoms with Crippen LogP contribution >= 0.6 is 0 Å². The van der Waals surface area contributed by atoms with Crippen LogP contribution in [0.5, 0.6) is 0 Å². The van der Waals surface area contributed by atoms with Gasteiger partial charge in [0.2, 0.25) is 0 Å². The van der Waals surface area contributed by atoms with Gasteiger partial charge in [-0.1, -0.05) is 44.2 Å². The first kappa shape index (κ1) is 10.9. The Labute approximate surface area is 96.3 Å². The molecule has 0 aliphatic carbocycles. The molecule has 2 heteroatoms. The molecule has 1 aromatic heterocycles. The molecule has 0 unspecified atom stereocenters. The van der Waals surface area contributed by atoms with Crippen molar-refractivity contribution in [2.45, 2.75) is 27.2 Å². The third kappa shape index (κ3) is 2.32. The summed E-state index contributed by atoms with van der Waals surface area (Å²) < 4.78 is 5.80. The predicted molar refractivity (Wildman–Crippen MR) is 65.2 cm³/mol. The van der Waals surface area contributed by atoms with Crippen molar-refractivity contribution in [2.24, 2.45) is 5.92 Å². The second-order valence-corrected chi connectivity index (χ2v) is 4.49. The molecule has 84 valence electrons. The lowest BCUT2D eigenvalue weighted by molar-refractivity contribution is 0.466. The standard InChI is InChI=1S/C14H17NO/c1-10(2)9-13-15-11(3)14(16-13)12-7-5-4-6-8-12/h4-8,10H,9H2,1-3H3. The van der Waals surface area contributed by atoms with Gasteiger partial charge in [0.1, 0.15) is 0 Å². The summed E-state index contributed by atoms with van der Waals surface area (Å²) >= 11 is 0. The number of aryl methyl sites for hydroxylation is 1. The molecule has 0 spiro atoms. The summed E-state index contributed by atoms with van der Waals surface area (Å²) in [5.41, 5.74) is 2.07. The van der Waals surface area contributed by atoms with E-state index in [0.717, 1.165) is 29.3 Å². The fourth-order valence-corrected chi connectivity index (χ4v) is 1.75. The molecule has 2 rings (SSSR count). The normalized spacial score (nSPS) is 11.0. The van der Waals surface area contributed by atoms with Crippen LogP contribution in [0.2, 0.25) is 0 Å². The lowest BCUT2D eigenvalue weighted by Gasteiger charge is -1.98. The van der Waals surface area contributed by atoms with Gasteiger partial charge in [0, 0.05) is 12.0 Å². The van der Waals surface area contributed by atoms with Gasteiger partial charge in [-0.15, -0.1) is 0 Å². The number of hydrogen-bond acceptors (Lipinski definition) is 2. The van der Waals surface area contributed by atoms with E-state index < -0.39 is 0 Å². The van der Waals surface area contributed by atoms with Crippen LogP contribution in [0.1, 0.15) is 25.4 Å². The molecule has 0 bridgehead atoms. The van der Waals surface area contributed by atoms with E-state index in [1.807, 2.05) is 37.3 Å². The van der Waals surface area contributed by atoms with E-state index in [2.05, 4.69) is 18.8 Å². The lowest BCUT2D eigenvalue weighted by atomic mass is 10.1. The zero-order chi connectivity index (χ0) is 11.5. The van der Waals surface area contributed by atoms with Crippen molar-refractivity contribution in [1.29, 1.82) is 0 Å². The van der Waals surface area contributed by atoms with Crippen molar-refractivity contribution >= 4 is 0 Å². The summed E-state index contributed by atoms with van der Waals surface area (Å²) in [4.78, 5) is 4.46. The molecule has 2 aromatic rings. The summed E-state index contributed by atoms with van der Waals surface area (Å²) in [6.45, 7) is 6.33. The Hall–Kier alpha value is -1.57. The molecule has 0 amide bonds. The van der Waals surface area contributed by atoms with Crippen LogP contribution in [0.4, 0.5) is 0 Å². The zero-order valence-electron chi connectivity index (χ0n) is 10.0. The molecule has 0 fully saturated rings. The van der Waals surface area contributed by atoms with Crippen LogP contribution in [-0.4, -0.2) is 4.98 Å². The van der Waals surface area contributed by atoms with E-state index in [-0.39, 0.29) is 0 Å². The van der Waals surface area contributed by atoms with Crippen molar-refractivity contribution in [3.05, 3.63) is 41.9 Å². The molecule has 0 saturated carbocycles. The van der Waals surface area contributed by atoms with Crippen molar-refractivity contribution < 1.29 is 4.42 Å². The van der Waals surface area contributed by atoms with Crippen molar-refractivity contribution in [3.63, 3.8) is 0 Å². The van der Waals surface area contributed by atoms with Gasteiger partial charge in [-0.05, 0) is 12.8 Å². The SMILES string of the molecule is Cc1nc(CC(C)C)oc1-c1ccccc1. The third-order valence-electron chi connectivity index (χ3n) is 2.46. The first-order valence-electron chi connectivity index (χ1n) is 5.68. The van der Waals surface area contributed by atoms with E-state index in [1.54, 1.807) is 0 Å². The van der Waals surface area contributed by atoms with E-state index in [9.17, 15) is 0 Å². The number of nitrogens with zero attached hydrogens (tertiary/aromatic N) is 1.